The number of nitrogens with zero attached hydrogens (tertiary/aromatic N) is 6. The largest absolute Gasteiger partial charge is 0.497 e. The van der Waals surface area contributed by atoms with E-state index in [9.17, 15) is 18.3 Å². The molecule has 0 aliphatic carbocycles. The standard InChI is InChI=1S/C46H52N10O10S2/c1-46(2,3)66-45(58)49-32(28-57)24-48-67(59,60)39-23-22-36(37-8-7-9-38-41(37)51-44(47)50-38)40(43-52-54-56(53-43)27-31-14-20-35(65-6)21-15-31)42(39)68(61,62)55(25-29-10-16-33(63-4)17-11-29)26-30-12-18-34(64-5)19-13-30/h7-23,32,48,57H,24-28H2,1-6H3,(H,49,58)(H3,47,50,51). The Morgan fingerprint density at radius 3 is 1.93 bits per heavy atom. The van der Waals surface area contributed by atoms with Gasteiger partial charge in [-0.15, -0.1) is 10.2 Å². The number of ether oxygens (including phenoxy) is 4. The maximum Gasteiger partial charge on any atom is 0.407 e. The minimum atomic E-state index is -5.01. The number of carbonyl (C=O) groups excluding carboxylic acids is 1. The summed E-state index contributed by atoms with van der Waals surface area (Å²) in [4.78, 5) is 20.1. The number of fused-ring (bicyclic) bond motifs is 1. The molecule has 7 rings (SSSR count). The Hall–Kier alpha value is -7.11. The molecule has 1 amide bonds. The number of para-hydroxylation sites is 1. The van der Waals surface area contributed by atoms with Crippen LogP contribution in [-0.4, -0.2) is 109 Å². The number of rotatable bonds is 19. The Bertz CT molecular complexity index is 3050. The molecule has 5 aromatic carbocycles. The van der Waals surface area contributed by atoms with Gasteiger partial charge in [-0.1, -0.05) is 54.6 Å². The molecular weight excluding hydrogens is 917 g/mol. The number of aliphatic hydroxyl groups excluding tert-OH is 1. The minimum absolute atomic E-state index is 0.0809. The number of alkyl carbamates (subject to hydrolysis) is 1. The predicted octanol–water partition coefficient (Wildman–Crippen LogP) is 5.09. The van der Waals surface area contributed by atoms with Crippen molar-refractivity contribution in [2.24, 2.45) is 0 Å². The predicted molar refractivity (Wildman–Crippen MR) is 253 cm³/mol. The first-order chi connectivity index (χ1) is 32.4. The molecule has 0 aliphatic rings. The number of hydrogen-bond acceptors (Lipinski definition) is 15. The molecule has 0 bridgehead atoms. The van der Waals surface area contributed by atoms with Crippen LogP contribution in [0.15, 0.2) is 113 Å². The normalized spacial score (nSPS) is 12.5. The van der Waals surface area contributed by atoms with Crippen LogP contribution in [0.2, 0.25) is 0 Å². The number of methoxy groups -OCH3 is 3. The van der Waals surface area contributed by atoms with Crippen LogP contribution >= 0.6 is 0 Å². The monoisotopic (exact) mass is 968 g/mol. The van der Waals surface area contributed by atoms with Gasteiger partial charge in [0.25, 0.3) is 0 Å². The lowest BCUT2D eigenvalue weighted by Gasteiger charge is -2.26. The zero-order chi connectivity index (χ0) is 48.8. The van der Waals surface area contributed by atoms with Crippen LogP contribution in [0.1, 0.15) is 37.5 Å². The summed E-state index contributed by atoms with van der Waals surface area (Å²) in [6.45, 7) is 3.26. The van der Waals surface area contributed by atoms with E-state index in [4.69, 9.17) is 29.8 Å². The Morgan fingerprint density at radius 1 is 0.809 bits per heavy atom. The number of nitrogens with one attached hydrogen (secondary N) is 3. The molecule has 0 radical (unpaired) electrons. The van der Waals surface area contributed by atoms with Crippen LogP contribution in [0.3, 0.4) is 0 Å². The van der Waals surface area contributed by atoms with Gasteiger partial charge in [0.1, 0.15) is 32.6 Å². The molecule has 358 valence electrons. The number of aromatic nitrogens is 6. The number of sulfonamides is 2. The second-order valence-electron chi connectivity index (χ2n) is 16.5. The summed E-state index contributed by atoms with van der Waals surface area (Å²) in [5.74, 6) is 1.54. The number of amides is 1. The van der Waals surface area contributed by atoms with Crippen molar-refractivity contribution in [1.29, 1.82) is 0 Å². The van der Waals surface area contributed by atoms with Crippen molar-refractivity contribution in [1.82, 2.24) is 44.5 Å². The van der Waals surface area contributed by atoms with Gasteiger partial charge in [-0.25, -0.2) is 31.3 Å². The lowest BCUT2D eigenvalue weighted by Crippen LogP contribution is -2.47. The van der Waals surface area contributed by atoms with Gasteiger partial charge < -0.3 is 40.1 Å². The molecule has 0 aliphatic heterocycles. The Balaban J connectivity index is 1.47. The zero-order valence-corrected chi connectivity index (χ0v) is 39.8. The molecule has 0 fully saturated rings. The molecule has 6 N–H and O–H groups in total. The summed E-state index contributed by atoms with van der Waals surface area (Å²) < 4.78 is 86.9. The Morgan fingerprint density at radius 2 is 1.38 bits per heavy atom. The first-order valence-electron chi connectivity index (χ1n) is 21.1. The highest BCUT2D eigenvalue weighted by Gasteiger charge is 2.38. The van der Waals surface area contributed by atoms with Crippen LogP contribution < -0.4 is 30.0 Å². The smallest absolute Gasteiger partial charge is 0.407 e. The third-order valence-corrected chi connectivity index (χ3v) is 14.0. The van der Waals surface area contributed by atoms with Crippen molar-refractivity contribution < 1.29 is 45.7 Å². The van der Waals surface area contributed by atoms with Crippen LogP contribution in [-0.2, 0) is 44.4 Å². The van der Waals surface area contributed by atoms with E-state index in [0.717, 1.165) is 9.87 Å². The van der Waals surface area contributed by atoms with Gasteiger partial charge in [-0.3, -0.25) is 0 Å². The second kappa shape index (κ2) is 20.4. The van der Waals surface area contributed by atoms with Crippen LogP contribution in [0, 0.1) is 0 Å². The summed E-state index contributed by atoms with van der Waals surface area (Å²) in [6, 6.07) is 27.2. The summed E-state index contributed by atoms with van der Waals surface area (Å²) >= 11 is 0. The minimum Gasteiger partial charge on any atom is -0.497 e. The number of aromatic amines is 1. The number of nitrogen functional groups attached to an aromatic ring is 1. The number of benzene rings is 5. The van der Waals surface area contributed by atoms with Crippen LogP contribution in [0.4, 0.5) is 10.7 Å². The first kappa shape index (κ1) is 48.8. The zero-order valence-electron chi connectivity index (χ0n) is 38.1. The lowest BCUT2D eigenvalue weighted by atomic mass is 9.98. The van der Waals surface area contributed by atoms with E-state index in [0.29, 0.717) is 45.0 Å². The highest BCUT2D eigenvalue weighted by molar-refractivity contribution is 7.92. The highest BCUT2D eigenvalue weighted by Crippen LogP contribution is 2.43. The van der Waals surface area contributed by atoms with Gasteiger partial charge in [-0.05, 0) is 96.8 Å². The van der Waals surface area contributed by atoms with Crippen molar-refractivity contribution in [2.75, 3.05) is 40.2 Å². The third kappa shape index (κ3) is 11.3. The van der Waals surface area contributed by atoms with E-state index in [2.05, 4.69) is 30.3 Å². The quantitative estimate of drug-likeness (QED) is 0.0706. The van der Waals surface area contributed by atoms with Gasteiger partial charge in [0.2, 0.25) is 25.9 Å². The van der Waals surface area contributed by atoms with Crippen LogP contribution in [0.25, 0.3) is 33.5 Å². The van der Waals surface area contributed by atoms with Gasteiger partial charge in [0.15, 0.2) is 5.95 Å². The molecule has 0 saturated heterocycles. The molecular formula is C46H52N10O10S2. The number of imidazole rings is 1. The number of H-pyrrole nitrogens is 1. The second-order valence-corrected chi connectivity index (χ2v) is 20.1. The molecule has 2 heterocycles. The number of hydrogen-bond donors (Lipinski definition) is 5. The Kier molecular flexibility index (Phi) is 14.6. The summed E-state index contributed by atoms with van der Waals surface area (Å²) in [6.07, 6.45) is -0.907. The average Bonchev–Trinajstić information content (AvgIpc) is 3.95. The Labute approximate surface area is 393 Å². The molecule has 7 aromatic rings. The van der Waals surface area contributed by atoms with Crippen molar-refractivity contribution >= 4 is 43.1 Å². The van der Waals surface area contributed by atoms with E-state index < -0.39 is 60.7 Å². The van der Waals surface area contributed by atoms with Gasteiger partial charge in [-0.2, -0.15) is 9.10 Å². The molecule has 22 heteroatoms. The van der Waals surface area contributed by atoms with E-state index in [1.807, 2.05) is 0 Å². The van der Waals surface area contributed by atoms with Gasteiger partial charge in [0, 0.05) is 25.2 Å². The third-order valence-electron chi connectivity index (χ3n) is 10.5. The molecule has 0 saturated carbocycles. The maximum atomic E-state index is 16.1. The average molecular weight is 969 g/mol. The van der Waals surface area contributed by atoms with Crippen molar-refractivity contribution in [3.8, 4) is 39.8 Å². The number of tetrazole rings is 1. The van der Waals surface area contributed by atoms with Crippen LogP contribution in [0.5, 0.6) is 17.2 Å². The molecule has 20 nitrogen and oxygen atoms in total. The van der Waals surface area contributed by atoms with Crippen molar-refractivity contribution in [3.05, 3.63) is 120 Å². The summed E-state index contributed by atoms with van der Waals surface area (Å²) in [5.41, 5.74) is 8.27. The van der Waals surface area contributed by atoms with E-state index in [1.54, 1.807) is 119 Å². The lowest BCUT2D eigenvalue weighted by molar-refractivity contribution is 0.0484. The van der Waals surface area contributed by atoms with Gasteiger partial charge >= 0.3 is 6.09 Å². The maximum absolute atomic E-state index is 16.1. The van der Waals surface area contributed by atoms with E-state index >= 15 is 8.42 Å². The molecule has 2 aromatic heterocycles. The van der Waals surface area contributed by atoms with Crippen molar-refractivity contribution in [3.63, 3.8) is 0 Å². The van der Waals surface area contributed by atoms with E-state index in [1.165, 1.54) is 31.1 Å². The summed E-state index contributed by atoms with van der Waals surface area (Å²) in [7, 11) is -5.34. The highest BCUT2D eigenvalue weighted by atomic mass is 32.2. The van der Waals surface area contributed by atoms with E-state index in [-0.39, 0.29) is 42.5 Å². The fourth-order valence-corrected chi connectivity index (χ4v) is 10.7. The topological polar surface area (TPSA) is 268 Å². The fraction of sp³-hybridized carbons (Fsp3) is 0.283. The SMILES string of the molecule is COc1ccc(CN(Cc2ccc(OC)cc2)S(=O)(=O)c2c(S(=O)(=O)NCC(CO)NC(=O)OC(C)(C)C)ccc(-c3cccc4[nH]c(N)nc34)c2-c2nnn(Cc3ccc(OC)cc3)n2)cc1. The number of aliphatic hydroxyl groups is 1. The number of carbonyl (C=O) groups is 1. The molecule has 0 spiro atoms. The number of nitrogens with two attached hydrogens (primary N) is 1. The van der Waals surface area contributed by atoms with Crippen molar-refractivity contribution in [2.45, 2.75) is 61.8 Å². The molecule has 68 heavy (non-hydrogen) atoms. The number of anilines is 1. The van der Waals surface area contributed by atoms with Gasteiger partial charge in [0.05, 0.1) is 57.1 Å². The molecule has 1 atom stereocenters. The first-order valence-corrected chi connectivity index (χ1v) is 24.0. The molecule has 1 unspecified atom stereocenters. The fourth-order valence-electron chi connectivity index (χ4n) is 7.20. The summed E-state index contributed by atoms with van der Waals surface area (Å²) in [5, 5.41) is 26.1.